The van der Waals surface area contributed by atoms with Crippen LogP contribution in [0.15, 0.2) is 0 Å². The summed E-state index contributed by atoms with van der Waals surface area (Å²) in [5.74, 6) is -1.29. The van der Waals surface area contributed by atoms with Crippen LogP contribution < -0.4 is 5.32 Å². The summed E-state index contributed by atoms with van der Waals surface area (Å²) in [4.78, 5) is 24.2. The number of carboxylic acid groups (broad SMARTS) is 1. The first kappa shape index (κ1) is 16.9. The molecule has 0 heterocycles. The van der Waals surface area contributed by atoms with Gasteiger partial charge in [-0.25, -0.2) is 4.79 Å². The molecule has 0 saturated carbocycles. The van der Waals surface area contributed by atoms with E-state index in [1.165, 1.54) is 6.92 Å². The van der Waals surface area contributed by atoms with Crippen molar-refractivity contribution in [1.29, 1.82) is 0 Å². The van der Waals surface area contributed by atoms with Gasteiger partial charge >= 0.3 is 5.97 Å². The number of aliphatic carboxylic acids is 1. The molecule has 0 aromatic heterocycles. The van der Waals surface area contributed by atoms with E-state index >= 15 is 0 Å². The molecule has 0 aromatic rings. The van der Waals surface area contributed by atoms with Crippen LogP contribution in [0.1, 0.15) is 47.0 Å². The molecule has 5 nitrogen and oxygen atoms in total. The smallest absolute Gasteiger partial charge is 0.327 e. The molecule has 0 radical (unpaired) electrons. The first-order valence-electron chi connectivity index (χ1n) is 6.62. The second-order valence-corrected chi connectivity index (χ2v) is 4.89. The molecule has 18 heavy (non-hydrogen) atoms. The zero-order chi connectivity index (χ0) is 14.1. The fourth-order valence-corrected chi connectivity index (χ4v) is 1.79. The van der Waals surface area contributed by atoms with E-state index in [1.807, 2.05) is 13.8 Å². The lowest BCUT2D eigenvalue weighted by molar-refractivity contribution is -0.142. The van der Waals surface area contributed by atoms with Crippen molar-refractivity contribution in [2.45, 2.75) is 59.0 Å². The number of hydrogen-bond donors (Lipinski definition) is 2. The number of unbranched alkanes of at least 4 members (excludes halogenated alkanes) is 2. The van der Waals surface area contributed by atoms with E-state index in [2.05, 4.69) is 17.1 Å². The maximum atomic E-state index is 11.1. The second kappa shape index (κ2) is 8.91. The molecular weight excluding hydrogens is 232 g/mol. The monoisotopic (exact) mass is 258 g/mol. The minimum absolute atomic E-state index is 0.275. The Hall–Kier alpha value is -1.10. The first-order valence-corrected chi connectivity index (χ1v) is 6.62. The topological polar surface area (TPSA) is 69.6 Å². The van der Waals surface area contributed by atoms with Gasteiger partial charge in [-0.3, -0.25) is 9.69 Å². The largest absolute Gasteiger partial charge is 0.480 e. The van der Waals surface area contributed by atoms with E-state index in [1.54, 1.807) is 0 Å². The Bertz CT molecular complexity index is 267. The SMILES string of the molecule is CCCCCN(CC(NC(C)=O)C(=O)O)C(C)C. The summed E-state index contributed by atoms with van der Waals surface area (Å²) in [5, 5.41) is 11.6. The van der Waals surface area contributed by atoms with Crippen LogP contribution in [-0.4, -0.2) is 47.1 Å². The van der Waals surface area contributed by atoms with E-state index in [9.17, 15) is 9.59 Å². The van der Waals surface area contributed by atoms with E-state index in [0.717, 1.165) is 25.8 Å². The minimum atomic E-state index is -0.980. The van der Waals surface area contributed by atoms with Gasteiger partial charge < -0.3 is 10.4 Å². The predicted molar refractivity (Wildman–Crippen MR) is 71.5 cm³/mol. The lowest BCUT2D eigenvalue weighted by atomic mass is 10.2. The van der Waals surface area contributed by atoms with Crippen LogP contribution in [-0.2, 0) is 9.59 Å². The summed E-state index contributed by atoms with van der Waals surface area (Å²) in [5.41, 5.74) is 0. The molecule has 1 atom stereocenters. The Morgan fingerprint density at radius 2 is 1.89 bits per heavy atom. The van der Waals surface area contributed by atoms with Gasteiger partial charge in [-0.1, -0.05) is 19.8 Å². The van der Waals surface area contributed by atoms with E-state index in [0.29, 0.717) is 6.54 Å². The van der Waals surface area contributed by atoms with E-state index in [4.69, 9.17) is 5.11 Å². The van der Waals surface area contributed by atoms with Gasteiger partial charge in [0.05, 0.1) is 0 Å². The minimum Gasteiger partial charge on any atom is -0.480 e. The van der Waals surface area contributed by atoms with Gasteiger partial charge in [-0.05, 0) is 26.8 Å². The number of amides is 1. The predicted octanol–water partition coefficient (Wildman–Crippen LogP) is 1.48. The van der Waals surface area contributed by atoms with Crippen molar-refractivity contribution in [2.24, 2.45) is 0 Å². The van der Waals surface area contributed by atoms with Crippen LogP contribution in [0.5, 0.6) is 0 Å². The van der Waals surface area contributed by atoms with Crippen LogP contribution in [0.2, 0.25) is 0 Å². The Morgan fingerprint density at radius 3 is 2.28 bits per heavy atom. The van der Waals surface area contributed by atoms with Crippen LogP contribution in [0.25, 0.3) is 0 Å². The number of hydrogen-bond acceptors (Lipinski definition) is 3. The summed E-state index contributed by atoms with van der Waals surface area (Å²) in [6.45, 7) is 8.78. The van der Waals surface area contributed by atoms with Gasteiger partial charge in [0.25, 0.3) is 0 Å². The number of nitrogens with one attached hydrogen (secondary N) is 1. The zero-order valence-corrected chi connectivity index (χ0v) is 11.9. The van der Waals surface area contributed by atoms with Crippen molar-refractivity contribution in [1.82, 2.24) is 10.2 Å². The van der Waals surface area contributed by atoms with E-state index < -0.39 is 12.0 Å². The van der Waals surface area contributed by atoms with Crippen molar-refractivity contribution in [3.05, 3.63) is 0 Å². The normalized spacial score (nSPS) is 12.8. The molecule has 0 rings (SSSR count). The zero-order valence-electron chi connectivity index (χ0n) is 11.9. The maximum absolute atomic E-state index is 11.1. The van der Waals surface area contributed by atoms with Crippen molar-refractivity contribution in [3.8, 4) is 0 Å². The van der Waals surface area contributed by atoms with Crippen LogP contribution in [0.3, 0.4) is 0 Å². The third-order valence-corrected chi connectivity index (χ3v) is 2.87. The molecule has 0 aliphatic heterocycles. The Morgan fingerprint density at radius 1 is 1.28 bits per heavy atom. The fourth-order valence-electron chi connectivity index (χ4n) is 1.79. The number of rotatable bonds is 9. The molecule has 1 unspecified atom stereocenters. The summed E-state index contributed by atoms with van der Waals surface area (Å²) in [6.07, 6.45) is 3.34. The van der Waals surface area contributed by atoms with Gasteiger partial charge in [-0.2, -0.15) is 0 Å². The van der Waals surface area contributed by atoms with Crippen LogP contribution >= 0.6 is 0 Å². The standard InChI is InChI=1S/C13H26N2O3/c1-5-6-7-8-15(10(2)3)9-12(13(17)18)14-11(4)16/h10,12H,5-9H2,1-4H3,(H,14,16)(H,17,18). The molecule has 0 aliphatic carbocycles. The van der Waals surface area contributed by atoms with Gasteiger partial charge in [-0.15, -0.1) is 0 Å². The molecule has 106 valence electrons. The van der Waals surface area contributed by atoms with Crippen LogP contribution in [0.4, 0.5) is 0 Å². The Kier molecular flexibility index (Phi) is 8.37. The molecular formula is C13H26N2O3. The molecule has 0 aliphatic rings. The third kappa shape index (κ3) is 7.27. The highest BCUT2D eigenvalue weighted by Gasteiger charge is 2.22. The average molecular weight is 258 g/mol. The Balaban J connectivity index is 4.41. The molecule has 0 saturated heterocycles. The highest BCUT2D eigenvalue weighted by atomic mass is 16.4. The average Bonchev–Trinajstić information content (AvgIpc) is 2.25. The summed E-state index contributed by atoms with van der Waals surface area (Å²) in [7, 11) is 0. The molecule has 0 fully saturated rings. The van der Waals surface area contributed by atoms with Crippen molar-refractivity contribution in [3.63, 3.8) is 0 Å². The van der Waals surface area contributed by atoms with Gasteiger partial charge in [0.1, 0.15) is 6.04 Å². The second-order valence-electron chi connectivity index (χ2n) is 4.89. The first-order chi connectivity index (χ1) is 8.38. The molecule has 2 N–H and O–H groups in total. The molecule has 0 aromatic carbocycles. The van der Waals surface area contributed by atoms with Crippen LogP contribution in [0, 0.1) is 0 Å². The summed E-state index contributed by atoms with van der Waals surface area (Å²) < 4.78 is 0. The highest BCUT2D eigenvalue weighted by molar-refractivity contribution is 5.82. The Labute approximate surface area is 110 Å². The lowest BCUT2D eigenvalue weighted by Crippen LogP contribution is -2.49. The van der Waals surface area contributed by atoms with E-state index in [-0.39, 0.29) is 11.9 Å². The lowest BCUT2D eigenvalue weighted by Gasteiger charge is -2.29. The van der Waals surface area contributed by atoms with Crippen molar-refractivity contribution < 1.29 is 14.7 Å². The number of carboxylic acids is 1. The quantitative estimate of drug-likeness (QED) is 0.615. The molecule has 1 amide bonds. The number of carbonyl (C=O) groups excluding carboxylic acids is 1. The molecule has 0 spiro atoms. The summed E-state index contributed by atoms with van der Waals surface area (Å²) >= 11 is 0. The molecule has 5 heteroatoms. The number of nitrogens with zero attached hydrogens (tertiary/aromatic N) is 1. The third-order valence-electron chi connectivity index (χ3n) is 2.87. The fraction of sp³-hybridized carbons (Fsp3) is 0.846. The van der Waals surface area contributed by atoms with Gasteiger partial charge in [0.15, 0.2) is 0 Å². The highest BCUT2D eigenvalue weighted by Crippen LogP contribution is 2.05. The van der Waals surface area contributed by atoms with Crippen molar-refractivity contribution in [2.75, 3.05) is 13.1 Å². The maximum Gasteiger partial charge on any atom is 0.327 e. The van der Waals surface area contributed by atoms with Crippen molar-refractivity contribution >= 4 is 11.9 Å². The molecule has 0 bridgehead atoms. The van der Waals surface area contributed by atoms with Gasteiger partial charge in [0, 0.05) is 19.5 Å². The summed E-state index contributed by atoms with van der Waals surface area (Å²) in [6, 6.07) is -0.552. The van der Waals surface area contributed by atoms with Gasteiger partial charge in [0.2, 0.25) is 5.91 Å². The number of carbonyl (C=O) groups is 2.